The highest BCUT2D eigenvalue weighted by molar-refractivity contribution is 7.99. The minimum absolute atomic E-state index is 0.0678. The number of carbonyl (C=O) groups is 1. The van der Waals surface area contributed by atoms with Crippen LogP contribution in [0, 0.1) is 6.92 Å². The van der Waals surface area contributed by atoms with Crippen molar-refractivity contribution >= 4 is 28.7 Å². The highest BCUT2D eigenvalue weighted by Gasteiger charge is 2.16. The van der Waals surface area contributed by atoms with E-state index in [2.05, 4.69) is 18.7 Å². The van der Waals surface area contributed by atoms with Gasteiger partial charge in [-0.2, -0.15) is 11.8 Å². The number of thioether (sulfide) groups is 1. The number of esters is 1. The Morgan fingerprint density at radius 1 is 1.24 bits per heavy atom. The van der Waals surface area contributed by atoms with Crippen molar-refractivity contribution in [3.63, 3.8) is 0 Å². The molecule has 3 N–H and O–H groups in total. The van der Waals surface area contributed by atoms with Crippen LogP contribution in [0.3, 0.4) is 0 Å². The van der Waals surface area contributed by atoms with Crippen molar-refractivity contribution in [2.45, 2.75) is 46.3 Å². The van der Waals surface area contributed by atoms with Gasteiger partial charge in [-0.05, 0) is 51.1 Å². The number of aliphatic hydroxyl groups is 1. The number of nitrogens with two attached hydrogens (primary N) is 1. The molecule has 0 spiro atoms. The van der Waals surface area contributed by atoms with E-state index in [1.807, 2.05) is 13.0 Å². The molecule has 1 aromatic carbocycles. The lowest BCUT2D eigenvalue weighted by Crippen LogP contribution is -2.35. The summed E-state index contributed by atoms with van der Waals surface area (Å²) >= 11 is 1.36. The number of ether oxygens (including phenoxy) is 2. The highest BCUT2D eigenvalue weighted by Crippen LogP contribution is 2.24. The van der Waals surface area contributed by atoms with Crippen molar-refractivity contribution in [1.82, 2.24) is 4.90 Å². The summed E-state index contributed by atoms with van der Waals surface area (Å²) in [5.41, 5.74) is 7.52. The predicted molar refractivity (Wildman–Crippen MR) is 132 cm³/mol. The van der Waals surface area contributed by atoms with Crippen LogP contribution in [-0.4, -0.2) is 72.5 Å². The Balaban J connectivity index is 1.94. The smallest absolute Gasteiger partial charge is 0.339 e. The standard InChI is InChI=1S/C24H36N2O6S/c1-5-26(6-2)11-10-20-16(4)19-9-8-18(12-22(19)32-23(20)28)31-13-17(27)14-33-15-21(25)24(29)30-7-3/h8-9,12,17,21,27H,5-7,10-11,13-15,25H2,1-4H3/t17?,21-/m1/s1. The van der Waals surface area contributed by atoms with Crippen molar-refractivity contribution in [1.29, 1.82) is 0 Å². The minimum Gasteiger partial charge on any atom is -0.491 e. The number of nitrogens with zero attached hydrogens (tertiary/aromatic N) is 1. The van der Waals surface area contributed by atoms with Gasteiger partial charge in [0.05, 0.1) is 12.7 Å². The van der Waals surface area contributed by atoms with Gasteiger partial charge >= 0.3 is 11.6 Å². The van der Waals surface area contributed by atoms with E-state index in [4.69, 9.17) is 19.6 Å². The number of aliphatic hydroxyl groups excluding tert-OH is 1. The molecule has 0 aliphatic rings. The maximum Gasteiger partial charge on any atom is 0.339 e. The van der Waals surface area contributed by atoms with E-state index in [1.54, 1.807) is 19.1 Å². The van der Waals surface area contributed by atoms with Crippen LogP contribution in [0.1, 0.15) is 31.9 Å². The summed E-state index contributed by atoms with van der Waals surface area (Å²) in [5.74, 6) is 0.783. The van der Waals surface area contributed by atoms with E-state index >= 15 is 0 Å². The zero-order valence-electron chi connectivity index (χ0n) is 20.0. The molecule has 0 aliphatic heterocycles. The summed E-state index contributed by atoms with van der Waals surface area (Å²) in [7, 11) is 0. The molecular weight excluding hydrogens is 444 g/mol. The van der Waals surface area contributed by atoms with Gasteiger partial charge in [0.15, 0.2) is 0 Å². The monoisotopic (exact) mass is 480 g/mol. The van der Waals surface area contributed by atoms with E-state index in [-0.39, 0.29) is 18.8 Å². The summed E-state index contributed by atoms with van der Waals surface area (Å²) in [4.78, 5) is 26.4. The maximum absolute atomic E-state index is 12.6. The first kappa shape index (κ1) is 27.2. The first-order chi connectivity index (χ1) is 15.8. The zero-order valence-corrected chi connectivity index (χ0v) is 20.8. The van der Waals surface area contributed by atoms with Crippen LogP contribution >= 0.6 is 11.8 Å². The van der Waals surface area contributed by atoms with Gasteiger partial charge in [-0.1, -0.05) is 13.8 Å². The van der Waals surface area contributed by atoms with Crippen LogP contribution in [0.25, 0.3) is 11.0 Å². The Labute approximate surface area is 199 Å². The molecule has 0 bridgehead atoms. The van der Waals surface area contributed by atoms with Gasteiger partial charge < -0.3 is 29.6 Å². The quantitative estimate of drug-likeness (QED) is 0.310. The van der Waals surface area contributed by atoms with Crippen molar-refractivity contribution in [3.05, 3.63) is 39.7 Å². The third kappa shape index (κ3) is 8.03. The molecule has 2 rings (SSSR count). The Morgan fingerprint density at radius 2 is 1.97 bits per heavy atom. The summed E-state index contributed by atoms with van der Waals surface area (Å²) in [6.45, 7) is 10.9. The van der Waals surface area contributed by atoms with Crippen LogP contribution in [0.4, 0.5) is 0 Å². The van der Waals surface area contributed by atoms with Crippen LogP contribution in [-0.2, 0) is 16.0 Å². The normalized spacial score (nSPS) is 13.3. The second-order valence-electron chi connectivity index (χ2n) is 7.79. The second-order valence-corrected chi connectivity index (χ2v) is 8.86. The molecule has 1 unspecified atom stereocenters. The number of carbonyl (C=O) groups excluding carboxylic acids is 1. The molecule has 0 saturated carbocycles. The van der Waals surface area contributed by atoms with Gasteiger partial charge in [0.1, 0.15) is 24.0 Å². The summed E-state index contributed by atoms with van der Waals surface area (Å²) in [6, 6.07) is 4.64. The van der Waals surface area contributed by atoms with Crippen LogP contribution in [0.5, 0.6) is 5.75 Å². The van der Waals surface area contributed by atoms with Crippen LogP contribution in [0.15, 0.2) is 27.4 Å². The highest BCUT2D eigenvalue weighted by atomic mass is 32.2. The lowest BCUT2D eigenvalue weighted by molar-refractivity contribution is -0.144. The Kier molecular flexibility index (Phi) is 11.2. The largest absolute Gasteiger partial charge is 0.491 e. The fourth-order valence-electron chi connectivity index (χ4n) is 3.45. The number of fused-ring (bicyclic) bond motifs is 1. The van der Waals surface area contributed by atoms with E-state index < -0.39 is 18.1 Å². The lowest BCUT2D eigenvalue weighted by Gasteiger charge is -2.18. The third-order valence-electron chi connectivity index (χ3n) is 5.47. The fourth-order valence-corrected chi connectivity index (χ4v) is 4.35. The van der Waals surface area contributed by atoms with E-state index in [0.717, 1.165) is 30.6 Å². The van der Waals surface area contributed by atoms with Crippen LogP contribution in [0.2, 0.25) is 0 Å². The Morgan fingerprint density at radius 3 is 2.64 bits per heavy atom. The Bertz CT molecular complexity index is 960. The predicted octanol–water partition coefficient (Wildman–Crippen LogP) is 2.35. The molecule has 2 atom stereocenters. The number of hydrogen-bond donors (Lipinski definition) is 2. The first-order valence-corrected chi connectivity index (χ1v) is 12.6. The molecule has 8 nitrogen and oxygen atoms in total. The van der Waals surface area contributed by atoms with Gasteiger partial charge in [0.2, 0.25) is 0 Å². The molecular formula is C24H36N2O6S. The van der Waals surface area contributed by atoms with Crippen molar-refractivity contribution in [3.8, 4) is 5.75 Å². The van der Waals surface area contributed by atoms with Crippen LogP contribution < -0.4 is 16.1 Å². The van der Waals surface area contributed by atoms with Gasteiger partial charge in [-0.15, -0.1) is 0 Å². The van der Waals surface area contributed by atoms with Gasteiger partial charge in [0.25, 0.3) is 0 Å². The first-order valence-electron chi connectivity index (χ1n) is 11.4. The average molecular weight is 481 g/mol. The summed E-state index contributed by atoms with van der Waals surface area (Å²) in [6.07, 6.45) is -0.0930. The van der Waals surface area contributed by atoms with Crippen molar-refractivity contribution in [2.75, 3.05) is 44.4 Å². The van der Waals surface area contributed by atoms with E-state index in [9.17, 15) is 14.7 Å². The van der Waals surface area contributed by atoms with Crippen molar-refractivity contribution in [2.24, 2.45) is 5.73 Å². The third-order valence-corrected chi connectivity index (χ3v) is 6.69. The summed E-state index contributed by atoms with van der Waals surface area (Å²) in [5, 5.41) is 11.0. The SMILES string of the molecule is CCOC(=O)[C@H](N)CSCC(O)COc1ccc2c(C)c(CCN(CC)CC)c(=O)oc2c1. The Hall–Kier alpha value is -2.07. The minimum atomic E-state index is -0.740. The average Bonchev–Trinajstić information content (AvgIpc) is 2.79. The number of hydrogen-bond acceptors (Lipinski definition) is 9. The molecule has 0 amide bonds. The molecule has 1 heterocycles. The number of likely N-dealkylation sites (N-methyl/N-ethyl adjacent to an activating group) is 1. The molecule has 9 heteroatoms. The molecule has 0 saturated heterocycles. The molecule has 0 fully saturated rings. The van der Waals surface area contributed by atoms with Crippen molar-refractivity contribution < 1.29 is 23.8 Å². The zero-order chi connectivity index (χ0) is 24.4. The fraction of sp³-hybridized carbons (Fsp3) is 0.583. The molecule has 2 aromatic rings. The molecule has 0 radical (unpaired) electrons. The molecule has 0 aliphatic carbocycles. The molecule has 184 valence electrons. The lowest BCUT2D eigenvalue weighted by atomic mass is 10.0. The maximum atomic E-state index is 12.6. The second kappa shape index (κ2) is 13.6. The van der Waals surface area contributed by atoms with Gasteiger partial charge in [-0.25, -0.2) is 4.79 Å². The topological polar surface area (TPSA) is 115 Å². The van der Waals surface area contributed by atoms with Gasteiger partial charge in [-0.3, -0.25) is 4.79 Å². The number of benzene rings is 1. The van der Waals surface area contributed by atoms with E-state index in [1.165, 1.54) is 11.8 Å². The summed E-state index contributed by atoms with van der Waals surface area (Å²) < 4.78 is 16.1. The molecule has 33 heavy (non-hydrogen) atoms. The van der Waals surface area contributed by atoms with E-state index in [0.29, 0.717) is 34.8 Å². The number of aryl methyl sites for hydroxylation is 1. The molecule has 1 aromatic heterocycles. The van der Waals surface area contributed by atoms with Gasteiger partial charge in [0, 0.05) is 35.1 Å². The number of rotatable bonds is 14.